The van der Waals surface area contributed by atoms with Crippen LogP contribution in [0.2, 0.25) is 0 Å². The second kappa shape index (κ2) is 8.11. The first-order chi connectivity index (χ1) is 13.0. The first kappa shape index (κ1) is 18.7. The van der Waals surface area contributed by atoms with Crippen LogP contribution >= 0.6 is 0 Å². The Kier molecular flexibility index (Phi) is 5.63. The minimum Gasteiger partial charge on any atom is -0.493 e. The number of hydrogen-bond donors (Lipinski definition) is 1. The molecule has 1 aliphatic heterocycles. The van der Waals surface area contributed by atoms with E-state index in [1.54, 1.807) is 38.5 Å². The van der Waals surface area contributed by atoms with E-state index >= 15 is 0 Å². The lowest BCUT2D eigenvalue weighted by Crippen LogP contribution is -2.39. The Hall–Kier alpha value is -3.04. The van der Waals surface area contributed by atoms with Crippen molar-refractivity contribution in [3.8, 4) is 17.6 Å². The summed E-state index contributed by atoms with van der Waals surface area (Å²) in [5.74, 6) is 1.33. The Morgan fingerprint density at radius 1 is 1.26 bits per heavy atom. The number of amides is 1. The normalized spacial score (nSPS) is 16.1. The van der Waals surface area contributed by atoms with Gasteiger partial charge in [0.05, 0.1) is 32.4 Å². The molecule has 1 atom stereocenters. The highest BCUT2D eigenvalue weighted by atomic mass is 16.5. The number of anilines is 1. The van der Waals surface area contributed by atoms with Gasteiger partial charge in [0.2, 0.25) is 5.91 Å². The second-order valence-electron chi connectivity index (χ2n) is 6.54. The molecule has 0 spiro atoms. The molecule has 1 N–H and O–H groups in total. The molecule has 0 saturated carbocycles. The maximum absolute atomic E-state index is 12.5. The van der Waals surface area contributed by atoms with Gasteiger partial charge in [-0.25, -0.2) is 0 Å². The lowest BCUT2D eigenvalue weighted by Gasteiger charge is -2.35. The van der Waals surface area contributed by atoms with Crippen LogP contribution in [0.4, 0.5) is 5.69 Å². The van der Waals surface area contributed by atoms with Gasteiger partial charge in [-0.3, -0.25) is 9.69 Å². The molecule has 6 nitrogen and oxygen atoms in total. The first-order valence-corrected chi connectivity index (χ1v) is 8.84. The summed E-state index contributed by atoms with van der Waals surface area (Å²) in [5.41, 5.74) is 3.53. The molecule has 6 heteroatoms. The zero-order chi connectivity index (χ0) is 19.4. The van der Waals surface area contributed by atoms with E-state index in [1.165, 1.54) is 5.56 Å². The molecular formula is C21H23N3O3. The van der Waals surface area contributed by atoms with E-state index in [0.29, 0.717) is 17.0 Å². The largest absolute Gasteiger partial charge is 0.493 e. The van der Waals surface area contributed by atoms with Crippen molar-refractivity contribution >= 4 is 11.6 Å². The van der Waals surface area contributed by atoms with Crippen LogP contribution in [-0.4, -0.2) is 38.1 Å². The number of methoxy groups -OCH3 is 2. The smallest absolute Gasteiger partial charge is 0.238 e. The predicted octanol–water partition coefficient (Wildman–Crippen LogP) is 3.13. The van der Waals surface area contributed by atoms with Crippen molar-refractivity contribution < 1.29 is 14.3 Å². The fraction of sp³-hybridized carbons (Fsp3) is 0.333. The SMILES string of the molecule is COc1cc2c(cc1OC)[C@H](C)N(CC(=O)Nc1cccc(C#N)c1)CC2. The number of carbonyl (C=O) groups is 1. The minimum atomic E-state index is -0.0964. The summed E-state index contributed by atoms with van der Waals surface area (Å²) < 4.78 is 10.8. The molecule has 27 heavy (non-hydrogen) atoms. The van der Waals surface area contributed by atoms with Gasteiger partial charge in [0.25, 0.3) is 0 Å². The zero-order valence-electron chi connectivity index (χ0n) is 15.8. The number of nitrogens with one attached hydrogen (secondary N) is 1. The summed E-state index contributed by atoms with van der Waals surface area (Å²) in [7, 11) is 3.26. The van der Waals surface area contributed by atoms with Crippen molar-refractivity contribution in [2.75, 3.05) is 32.6 Å². The third-order valence-electron chi connectivity index (χ3n) is 4.93. The van der Waals surface area contributed by atoms with Gasteiger partial charge in [0, 0.05) is 18.3 Å². The molecule has 1 amide bonds. The van der Waals surface area contributed by atoms with E-state index in [0.717, 1.165) is 24.3 Å². The molecule has 1 heterocycles. The van der Waals surface area contributed by atoms with Crippen LogP contribution in [0.1, 0.15) is 29.7 Å². The molecule has 0 aliphatic carbocycles. The highest BCUT2D eigenvalue weighted by Crippen LogP contribution is 2.37. The van der Waals surface area contributed by atoms with Crippen LogP contribution in [0, 0.1) is 11.3 Å². The van der Waals surface area contributed by atoms with Gasteiger partial charge < -0.3 is 14.8 Å². The van der Waals surface area contributed by atoms with Crippen molar-refractivity contribution in [1.82, 2.24) is 4.90 Å². The van der Waals surface area contributed by atoms with Crippen LogP contribution in [0.5, 0.6) is 11.5 Å². The van der Waals surface area contributed by atoms with Crippen LogP contribution < -0.4 is 14.8 Å². The van der Waals surface area contributed by atoms with Crippen molar-refractivity contribution in [3.05, 3.63) is 53.1 Å². The fourth-order valence-electron chi connectivity index (χ4n) is 3.46. The lowest BCUT2D eigenvalue weighted by molar-refractivity contribution is -0.117. The van der Waals surface area contributed by atoms with Crippen LogP contribution in [0.3, 0.4) is 0 Å². The topological polar surface area (TPSA) is 74.6 Å². The molecule has 0 fully saturated rings. The van der Waals surface area contributed by atoms with Crippen LogP contribution in [0.25, 0.3) is 0 Å². The fourth-order valence-corrected chi connectivity index (χ4v) is 3.46. The van der Waals surface area contributed by atoms with Crippen molar-refractivity contribution in [1.29, 1.82) is 5.26 Å². The molecule has 0 aromatic heterocycles. The number of fused-ring (bicyclic) bond motifs is 1. The summed E-state index contributed by atoms with van der Waals surface area (Å²) in [6, 6.07) is 13.1. The average Bonchev–Trinajstić information content (AvgIpc) is 2.69. The summed E-state index contributed by atoms with van der Waals surface area (Å²) in [6.07, 6.45) is 0.844. The van der Waals surface area contributed by atoms with E-state index in [2.05, 4.69) is 23.2 Å². The second-order valence-corrected chi connectivity index (χ2v) is 6.54. The van der Waals surface area contributed by atoms with Gasteiger partial charge in [-0.05, 0) is 54.8 Å². The van der Waals surface area contributed by atoms with E-state index in [-0.39, 0.29) is 18.5 Å². The van der Waals surface area contributed by atoms with Crippen LogP contribution in [-0.2, 0) is 11.2 Å². The summed E-state index contributed by atoms with van der Waals surface area (Å²) in [4.78, 5) is 14.6. The molecule has 3 rings (SSSR count). The Morgan fingerprint density at radius 3 is 2.70 bits per heavy atom. The molecule has 2 aromatic carbocycles. The number of hydrogen-bond acceptors (Lipinski definition) is 5. The van der Waals surface area contributed by atoms with Gasteiger partial charge in [0.15, 0.2) is 11.5 Å². The van der Waals surface area contributed by atoms with Crippen molar-refractivity contribution in [2.45, 2.75) is 19.4 Å². The van der Waals surface area contributed by atoms with Gasteiger partial charge in [-0.2, -0.15) is 5.26 Å². The first-order valence-electron chi connectivity index (χ1n) is 8.84. The molecular weight excluding hydrogens is 342 g/mol. The molecule has 140 valence electrons. The number of benzene rings is 2. The molecule has 0 saturated heterocycles. The Morgan fingerprint density at radius 2 is 2.00 bits per heavy atom. The van der Waals surface area contributed by atoms with Gasteiger partial charge in [-0.15, -0.1) is 0 Å². The van der Waals surface area contributed by atoms with Crippen molar-refractivity contribution in [2.24, 2.45) is 0 Å². The molecule has 0 unspecified atom stereocenters. The Labute approximate surface area is 159 Å². The highest BCUT2D eigenvalue weighted by Gasteiger charge is 2.27. The van der Waals surface area contributed by atoms with Crippen molar-refractivity contribution in [3.63, 3.8) is 0 Å². The Balaban J connectivity index is 1.72. The average molecular weight is 365 g/mol. The van der Waals surface area contributed by atoms with Gasteiger partial charge in [0.1, 0.15) is 0 Å². The quantitative estimate of drug-likeness (QED) is 0.881. The van der Waals surface area contributed by atoms with E-state index in [4.69, 9.17) is 14.7 Å². The Bertz CT molecular complexity index is 889. The number of rotatable bonds is 5. The standard InChI is InChI=1S/C21H23N3O3/c1-14-18-11-20(27-3)19(26-2)10-16(18)7-8-24(14)13-21(25)23-17-6-4-5-15(9-17)12-22/h4-6,9-11,14H,7-8,13H2,1-3H3,(H,23,25)/t14-/m0/s1. The number of nitriles is 1. The van der Waals surface area contributed by atoms with Crippen LogP contribution in [0.15, 0.2) is 36.4 Å². The maximum Gasteiger partial charge on any atom is 0.238 e. The third-order valence-corrected chi connectivity index (χ3v) is 4.93. The summed E-state index contributed by atoms with van der Waals surface area (Å²) in [6.45, 7) is 3.16. The van der Waals surface area contributed by atoms with Gasteiger partial charge >= 0.3 is 0 Å². The third kappa shape index (κ3) is 4.04. The van der Waals surface area contributed by atoms with E-state index < -0.39 is 0 Å². The zero-order valence-corrected chi connectivity index (χ0v) is 15.8. The molecule has 0 bridgehead atoms. The van der Waals surface area contributed by atoms with Gasteiger partial charge in [-0.1, -0.05) is 6.07 Å². The summed E-state index contributed by atoms with van der Waals surface area (Å²) in [5, 5.41) is 11.8. The molecule has 0 radical (unpaired) electrons. The minimum absolute atomic E-state index is 0.0877. The number of ether oxygens (including phenoxy) is 2. The molecule has 2 aromatic rings. The lowest BCUT2D eigenvalue weighted by atomic mass is 9.93. The number of carbonyl (C=O) groups excluding carboxylic acids is 1. The molecule has 1 aliphatic rings. The highest BCUT2D eigenvalue weighted by molar-refractivity contribution is 5.92. The monoisotopic (exact) mass is 365 g/mol. The predicted molar refractivity (Wildman–Crippen MR) is 103 cm³/mol. The van der Waals surface area contributed by atoms with E-state index in [1.807, 2.05) is 12.1 Å². The summed E-state index contributed by atoms with van der Waals surface area (Å²) >= 11 is 0. The van der Waals surface area contributed by atoms with E-state index in [9.17, 15) is 4.79 Å². The maximum atomic E-state index is 12.5. The number of nitrogens with zero attached hydrogens (tertiary/aromatic N) is 2.